The first kappa shape index (κ1) is 26.3. The van der Waals surface area contributed by atoms with Gasteiger partial charge in [0.15, 0.2) is 0 Å². The van der Waals surface area contributed by atoms with Gasteiger partial charge in [0, 0.05) is 72.0 Å². The minimum Gasteiger partial charge on any atom is -0.861 e. The molecule has 0 unspecified atom stereocenters. The Kier molecular flexibility index (Phi) is 12.2. The Morgan fingerprint density at radius 3 is 1.42 bits per heavy atom. The molecule has 0 radical (unpaired) electrons. The summed E-state index contributed by atoms with van der Waals surface area (Å²) in [6, 6.07) is 0. The molecule has 0 aromatic carbocycles. The molecular weight excluding hydrogens is 410 g/mol. The molecule has 0 bridgehead atoms. The second-order valence-electron chi connectivity index (χ2n) is 7.16. The van der Waals surface area contributed by atoms with Crippen LogP contribution < -0.4 is 15.3 Å². The summed E-state index contributed by atoms with van der Waals surface area (Å²) in [6.07, 6.45) is 5.11. The lowest BCUT2D eigenvalue weighted by Crippen LogP contribution is -2.51. The van der Waals surface area contributed by atoms with Crippen LogP contribution in [0.5, 0.6) is 0 Å². The summed E-state index contributed by atoms with van der Waals surface area (Å²) < 4.78 is 0. The fraction of sp³-hybridized carbons (Fsp3) is 0.684. The molecule has 0 amide bonds. The summed E-state index contributed by atoms with van der Waals surface area (Å²) in [5.41, 5.74) is 0. The molecule has 174 valence electrons. The number of terminal acetylenes is 1. The molecule has 1 saturated heterocycles. The van der Waals surface area contributed by atoms with Gasteiger partial charge in [0.1, 0.15) is 0 Å². The molecule has 0 aromatic heterocycles. The number of carbonyl (C=O) groups excluding carboxylic acids is 2. The quantitative estimate of drug-likeness (QED) is 0.207. The number of carboxylic acid groups (broad SMARTS) is 3. The lowest BCUT2D eigenvalue weighted by atomic mass is 10.3. The van der Waals surface area contributed by atoms with Crippen LogP contribution in [0.3, 0.4) is 0 Å². The van der Waals surface area contributed by atoms with E-state index in [0.29, 0.717) is 13.1 Å². The van der Waals surface area contributed by atoms with Crippen molar-refractivity contribution in [2.24, 2.45) is 4.99 Å². The van der Waals surface area contributed by atoms with E-state index in [1.54, 1.807) is 19.6 Å². The second-order valence-corrected chi connectivity index (χ2v) is 7.16. The molecule has 31 heavy (non-hydrogen) atoms. The summed E-state index contributed by atoms with van der Waals surface area (Å²) >= 11 is 0. The SMILES string of the molecule is C#CCN=C([O-])CN1CCN(CC(=O)[O-])CCN(CC(=O)O)CCN(CC(=O)[O-])CC1. The molecule has 0 saturated carbocycles. The molecule has 1 N–H and O–H groups in total. The van der Waals surface area contributed by atoms with E-state index < -0.39 is 23.8 Å². The minimum atomic E-state index is -1.26. The molecule has 1 heterocycles. The maximum absolute atomic E-state index is 12.0. The largest absolute Gasteiger partial charge is 0.861 e. The van der Waals surface area contributed by atoms with Gasteiger partial charge in [0.05, 0.1) is 25.0 Å². The van der Waals surface area contributed by atoms with Crippen LogP contribution in [0.15, 0.2) is 4.99 Å². The Morgan fingerprint density at radius 1 is 0.742 bits per heavy atom. The van der Waals surface area contributed by atoms with Crippen molar-refractivity contribution < 1.29 is 34.8 Å². The molecule has 1 fully saturated rings. The van der Waals surface area contributed by atoms with Crippen molar-refractivity contribution in [2.75, 3.05) is 85.1 Å². The lowest BCUT2D eigenvalue weighted by molar-refractivity contribution is -0.307. The number of aliphatic imine (C=N–C) groups is 1. The van der Waals surface area contributed by atoms with Gasteiger partial charge in [-0.25, -0.2) is 0 Å². The summed E-state index contributed by atoms with van der Waals surface area (Å²) in [6.45, 7) is 1.31. The first-order chi connectivity index (χ1) is 14.7. The van der Waals surface area contributed by atoms with E-state index in [2.05, 4.69) is 10.9 Å². The first-order valence-electron chi connectivity index (χ1n) is 9.84. The summed E-state index contributed by atoms with van der Waals surface area (Å²) in [4.78, 5) is 43.7. The maximum atomic E-state index is 12.0. The van der Waals surface area contributed by atoms with E-state index >= 15 is 0 Å². The second kappa shape index (κ2) is 14.3. The third kappa shape index (κ3) is 12.5. The fourth-order valence-electron chi connectivity index (χ4n) is 3.14. The van der Waals surface area contributed by atoms with Gasteiger partial charge in [0.25, 0.3) is 0 Å². The molecule has 0 atom stereocenters. The Labute approximate surface area is 181 Å². The average Bonchev–Trinajstić information content (AvgIpc) is 2.67. The van der Waals surface area contributed by atoms with Gasteiger partial charge in [-0.05, 0) is 5.90 Å². The molecule has 0 aromatic rings. The van der Waals surface area contributed by atoms with Crippen LogP contribution >= 0.6 is 0 Å². The van der Waals surface area contributed by atoms with Crippen LogP contribution in [0.1, 0.15) is 0 Å². The smallest absolute Gasteiger partial charge is 0.317 e. The van der Waals surface area contributed by atoms with Crippen molar-refractivity contribution in [3.05, 3.63) is 0 Å². The highest BCUT2D eigenvalue weighted by Crippen LogP contribution is 2.01. The number of carbonyl (C=O) groups is 3. The Hall–Kier alpha value is -2.72. The van der Waals surface area contributed by atoms with E-state index in [4.69, 9.17) is 11.5 Å². The third-order valence-corrected chi connectivity index (χ3v) is 4.70. The molecular formula is C19H28N5O7-3. The van der Waals surface area contributed by atoms with E-state index in [1.165, 1.54) is 0 Å². The number of rotatable bonds is 9. The monoisotopic (exact) mass is 438 g/mol. The van der Waals surface area contributed by atoms with E-state index in [-0.39, 0.29) is 72.0 Å². The van der Waals surface area contributed by atoms with E-state index in [0.717, 1.165) is 0 Å². The van der Waals surface area contributed by atoms with Gasteiger partial charge < -0.3 is 30.0 Å². The van der Waals surface area contributed by atoms with E-state index in [1.807, 2.05) is 0 Å². The predicted molar refractivity (Wildman–Crippen MR) is 105 cm³/mol. The number of hydrogen-bond donors (Lipinski definition) is 1. The normalized spacial score (nSPS) is 19.1. The standard InChI is InChI=1S/C19H31N5O7/c1-2-3-20-16(25)12-21-4-6-22(13-17(26)27)8-10-24(15-19(30)31)11-9-23(7-5-21)14-18(28)29/h1H,3-15H2,(H,20,25)(H,26,27)(H,28,29)(H,30,31)/p-3. The van der Waals surface area contributed by atoms with Crippen molar-refractivity contribution in [2.45, 2.75) is 0 Å². The van der Waals surface area contributed by atoms with Crippen molar-refractivity contribution in [3.8, 4) is 12.3 Å². The van der Waals surface area contributed by atoms with Crippen molar-refractivity contribution in [1.82, 2.24) is 19.6 Å². The Bertz CT molecular complexity index is 647. The van der Waals surface area contributed by atoms with Gasteiger partial charge in [-0.15, -0.1) is 6.42 Å². The van der Waals surface area contributed by atoms with Gasteiger partial charge in [0.2, 0.25) is 0 Å². The van der Waals surface area contributed by atoms with Crippen molar-refractivity contribution in [3.63, 3.8) is 0 Å². The predicted octanol–water partition coefficient (Wildman–Crippen LogP) is -5.82. The van der Waals surface area contributed by atoms with Gasteiger partial charge in [-0.1, -0.05) is 5.92 Å². The zero-order valence-corrected chi connectivity index (χ0v) is 17.4. The molecule has 1 aliphatic rings. The lowest BCUT2D eigenvalue weighted by Gasteiger charge is -2.34. The van der Waals surface area contributed by atoms with Gasteiger partial charge >= 0.3 is 5.97 Å². The molecule has 12 heteroatoms. The molecule has 1 aliphatic heterocycles. The maximum Gasteiger partial charge on any atom is 0.317 e. The number of hydrogen-bond acceptors (Lipinski definition) is 11. The highest BCUT2D eigenvalue weighted by atomic mass is 16.4. The number of carboxylic acids is 3. The van der Waals surface area contributed by atoms with Crippen LogP contribution in [0.25, 0.3) is 0 Å². The van der Waals surface area contributed by atoms with E-state index in [9.17, 15) is 29.7 Å². The van der Waals surface area contributed by atoms with Crippen molar-refractivity contribution >= 4 is 23.8 Å². The van der Waals surface area contributed by atoms with Gasteiger partial charge in [-0.3, -0.25) is 29.4 Å². The average molecular weight is 438 g/mol. The topological polar surface area (TPSA) is 166 Å². The van der Waals surface area contributed by atoms with Crippen LogP contribution in [0, 0.1) is 12.3 Å². The van der Waals surface area contributed by atoms with Crippen LogP contribution in [-0.4, -0.2) is 134 Å². The van der Waals surface area contributed by atoms with Crippen LogP contribution in [0.4, 0.5) is 0 Å². The molecule has 0 spiro atoms. The third-order valence-electron chi connectivity index (χ3n) is 4.70. The van der Waals surface area contributed by atoms with Gasteiger partial charge in [-0.2, -0.15) is 0 Å². The first-order valence-corrected chi connectivity index (χ1v) is 9.84. The zero-order chi connectivity index (χ0) is 23.2. The Morgan fingerprint density at radius 2 is 1.10 bits per heavy atom. The summed E-state index contributed by atoms with van der Waals surface area (Å²) in [5, 5.41) is 43.3. The highest BCUT2D eigenvalue weighted by molar-refractivity contribution is 5.73. The number of aliphatic carboxylic acids is 3. The number of nitrogens with zero attached hydrogens (tertiary/aromatic N) is 5. The minimum absolute atomic E-state index is 0.0366. The molecule has 1 rings (SSSR count). The summed E-state index contributed by atoms with van der Waals surface area (Å²) in [7, 11) is 0. The summed E-state index contributed by atoms with van der Waals surface area (Å²) in [5.74, 6) is -1.73. The zero-order valence-electron chi connectivity index (χ0n) is 17.4. The van der Waals surface area contributed by atoms with Crippen LogP contribution in [-0.2, 0) is 14.4 Å². The molecule has 12 nitrogen and oxygen atoms in total. The van der Waals surface area contributed by atoms with Crippen molar-refractivity contribution in [1.29, 1.82) is 0 Å². The van der Waals surface area contributed by atoms with Crippen LogP contribution in [0.2, 0.25) is 0 Å². The highest BCUT2D eigenvalue weighted by Gasteiger charge is 2.18. The Balaban J connectivity index is 2.96. The fourth-order valence-corrected chi connectivity index (χ4v) is 3.14. The molecule has 0 aliphatic carbocycles.